The predicted molar refractivity (Wildman–Crippen MR) is 130 cm³/mol. The Labute approximate surface area is 212 Å². The Kier molecular flexibility index (Phi) is 8.25. The number of amides is 3. The largest absolute Gasteiger partial charge is 0.494 e. The molecule has 37 heavy (non-hydrogen) atoms. The molecule has 1 unspecified atom stereocenters. The van der Waals surface area contributed by atoms with Crippen LogP contribution in [0.15, 0.2) is 48.5 Å². The number of urea groups is 1. The molecule has 2 N–H and O–H groups in total. The van der Waals surface area contributed by atoms with E-state index in [1.54, 1.807) is 25.1 Å². The number of carbonyl (C=O) groups is 2. The quantitative estimate of drug-likeness (QED) is 0.277. The Balaban J connectivity index is 1.69. The summed E-state index contributed by atoms with van der Waals surface area (Å²) < 4.78 is 46.0. The van der Waals surface area contributed by atoms with Crippen LogP contribution in [0.3, 0.4) is 0 Å². The van der Waals surface area contributed by atoms with Crippen molar-refractivity contribution >= 4 is 23.7 Å². The number of rotatable bonds is 9. The van der Waals surface area contributed by atoms with Gasteiger partial charge in [-0.05, 0) is 63.1 Å². The minimum absolute atomic E-state index is 0.135. The van der Waals surface area contributed by atoms with Crippen LogP contribution in [0.4, 0.5) is 23.7 Å². The fourth-order valence-electron chi connectivity index (χ4n) is 3.86. The molecule has 1 heterocycles. The van der Waals surface area contributed by atoms with Crippen molar-refractivity contribution in [3.63, 3.8) is 0 Å². The van der Waals surface area contributed by atoms with E-state index < -0.39 is 34.8 Å². The molecule has 0 saturated carbocycles. The van der Waals surface area contributed by atoms with E-state index in [2.05, 4.69) is 5.48 Å². The standard InChI is InChI=1S/C26H27F3N4O4/c1-17(31-36)8-9-18-6-4-7-21(14-18)37-13-5-12-32-24(35)33(23(34)25(32,2)3)20-11-10-19(16-30)22(15-20)26(27,28)29/h4,6-11,14-15,17,31,36H,5,12-13H2,1-3H3/b9-8-. The first-order chi connectivity index (χ1) is 17.4. The average Bonchev–Trinajstić information content (AvgIpc) is 3.03. The molecule has 11 heteroatoms. The molecule has 1 atom stereocenters. The molecule has 196 valence electrons. The molecule has 0 aromatic heterocycles. The van der Waals surface area contributed by atoms with E-state index in [1.807, 2.05) is 18.2 Å². The predicted octanol–water partition coefficient (Wildman–Crippen LogP) is 4.97. The van der Waals surface area contributed by atoms with Crippen molar-refractivity contribution in [2.24, 2.45) is 0 Å². The smallest absolute Gasteiger partial charge is 0.417 e. The number of anilines is 1. The molecule has 2 aromatic rings. The molecule has 0 spiro atoms. The summed E-state index contributed by atoms with van der Waals surface area (Å²) in [6, 6.07) is 10.5. The second-order valence-corrected chi connectivity index (χ2v) is 9.02. The Morgan fingerprint density at radius 1 is 1.22 bits per heavy atom. The normalized spacial score (nSPS) is 16.4. The number of hydroxylamine groups is 1. The highest BCUT2D eigenvalue weighted by Gasteiger charge is 2.51. The van der Waals surface area contributed by atoms with Crippen LogP contribution in [-0.4, -0.2) is 46.8 Å². The molecule has 1 aliphatic heterocycles. The molecule has 1 saturated heterocycles. The van der Waals surface area contributed by atoms with Gasteiger partial charge < -0.3 is 14.8 Å². The molecule has 1 fully saturated rings. The molecule has 3 rings (SSSR count). The third kappa shape index (κ3) is 6.10. The molecule has 1 aliphatic rings. The van der Waals surface area contributed by atoms with Crippen molar-refractivity contribution in [1.82, 2.24) is 10.4 Å². The van der Waals surface area contributed by atoms with Gasteiger partial charge in [-0.1, -0.05) is 24.3 Å². The van der Waals surface area contributed by atoms with E-state index in [0.29, 0.717) is 18.2 Å². The Morgan fingerprint density at radius 3 is 2.59 bits per heavy atom. The van der Waals surface area contributed by atoms with E-state index in [-0.39, 0.29) is 24.9 Å². The number of nitrogens with zero attached hydrogens (tertiary/aromatic N) is 3. The van der Waals surface area contributed by atoms with Crippen molar-refractivity contribution in [1.29, 1.82) is 5.26 Å². The number of nitrogens with one attached hydrogen (secondary N) is 1. The number of alkyl halides is 3. The molecule has 8 nitrogen and oxygen atoms in total. The van der Waals surface area contributed by atoms with Gasteiger partial charge in [-0.25, -0.2) is 9.69 Å². The van der Waals surface area contributed by atoms with Gasteiger partial charge in [0.1, 0.15) is 11.3 Å². The lowest BCUT2D eigenvalue weighted by atomic mass is 10.0. The first-order valence-corrected chi connectivity index (χ1v) is 11.5. The SMILES string of the molecule is CC(/C=C\c1cccc(OCCCN2C(=O)N(c3ccc(C#N)c(C(F)(F)F)c3)C(=O)C2(C)C)c1)NO. The van der Waals surface area contributed by atoms with Gasteiger partial charge in [0.15, 0.2) is 0 Å². The van der Waals surface area contributed by atoms with Crippen LogP contribution in [0.2, 0.25) is 0 Å². The summed E-state index contributed by atoms with van der Waals surface area (Å²) in [4.78, 5) is 28.2. The zero-order chi connectivity index (χ0) is 27.4. The number of hydrogen-bond acceptors (Lipinski definition) is 6. The van der Waals surface area contributed by atoms with E-state index in [9.17, 15) is 22.8 Å². The maximum Gasteiger partial charge on any atom is 0.417 e. The third-order valence-electron chi connectivity index (χ3n) is 5.94. The van der Waals surface area contributed by atoms with Crippen molar-refractivity contribution < 1.29 is 32.7 Å². The van der Waals surface area contributed by atoms with Gasteiger partial charge in [0.25, 0.3) is 5.91 Å². The minimum atomic E-state index is -4.82. The van der Waals surface area contributed by atoms with Crippen LogP contribution in [0, 0.1) is 11.3 Å². The summed E-state index contributed by atoms with van der Waals surface area (Å²) in [5.74, 6) is -0.0731. The van der Waals surface area contributed by atoms with E-state index in [4.69, 9.17) is 15.2 Å². The Morgan fingerprint density at radius 2 is 1.95 bits per heavy atom. The van der Waals surface area contributed by atoms with Gasteiger partial charge in [0.05, 0.1) is 29.5 Å². The summed E-state index contributed by atoms with van der Waals surface area (Å²) in [5.41, 5.74) is -0.361. The second-order valence-electron chi connectivity index (χ2n) is 9.02. The average molecular weight is 517 g/mol. The first kappa shape index (κ1) is 27.7. The highest BCUT2D eigenvalue weighted by molar-refractivity contribution is 6.23. The number of halogens is 3. The lowest BCUT2D eigenvalue weighted by Crippen LogP contribution is -2.44. The summed E-state index contributed by atoms with van der Waals surface area (Å²) in [5, 5.41) is 17.9. The number of ether oxygens (including phenoxy) is 1. The number of carbonyl (C=O) groups excluding carboxylic acids is 2. The third-order valence-corrected chi connectivity index (χ3v) is 5.94. The monoisotopic (exact) mass is 516 g/mol. The number of imide groups is 1. The van der Waals surface area contributed by atoms with Gasteiger partial charge in [0.2, 0.25) is 0 Å². The lowest BCUT2D eigenvalue weighted by Gasteiger charge is -2.27. The molecule has 0 aliphatic carbocycles. The number of benzene rings is 2. The van der Waals surface area contributed by atoms with E-state index in [1.165, 1.54) is 24.8 Å². The Bertz CT molecular complexity index is 1240. The van der Waals surface area contributed by atoms with Gasteiger partial charge in [-0.15, -0.1) is 0 Å². The first-order valence-electron chi connectivity index (χ1n) is 11.5. The zero-order valence-corrected chi connectivity index (χ0v) is 20.5. The van der Waals surface area contributed by atoms with Gasteiger partial charge in [-0.3, -0.25) is 4.79 Å². The zero-order valence-electron chi connectivity index (χ0n) is 20.5. The molecule has 3 amide bonds. The van der Waals surface area contributed by atoms with E-state index >= 15 is 0 Å². The second kappa shape index (κ2) is 11.0. The van der Waals surface area contributed by atoms with Crippen molar-refractivity contribution in [2.45, 2.75) is 44.9 Å². The summed E-state index contributed by atoms with van der Waals surface area (Å²) >= 11 is 0. The van der Waals surface area contributed by atoms with Crippen LogP contribution in [0.25, 0.3) is 6.08 Å². The fourth-order valence-corrected chi connectivity index (χ4v) is 3.86. The van der Waals surface area contributed by atoms with Crippen molar-refractivity contribution in [3.8, 4) is 11.8 Å². The highest BCUT2D eigenvalue weighted by Crippen LogP contribution is 2.37. The summed E-state index contributed by atoms with van der Waals surface area (Å²) in [6.07, 6.45) is -0.863. The molecule has 2 aromatic carbocycles. The van der Waals surface area contributed by atoms with Crippen LogP contribution in [-0.2, 0) is 11.0 Å². The van der Waals surface area contributed by atoms with Crippen molar-refractivity contribution in [3.05, 3.63) is 65.2 Å². The van der Waals surface area contributed by atoms with Crippen LogP contribution in [0.1, 0.15) is 43.9 Å². The minimum Gasteiger partial charge on any atom is -0.494 e. The van der Waals surface area contributed by atoms with Crippen molar-refractivity contribution in [2.75, 3.05) is 18.1 Å². The van der Waals surface area contributed by atoms with Crippen LogP contribution >= 0.6 is 0 Å². The number of nitriles is 1. The van der Waals surface area contributed by atoms with Crippen LogP contribution in [0.5, 0.6) is 5.75 Å². The van der Waals surface area contributed by atoms with Gasteiger partial charge >= 0.3 is 12.2 Å². The molecule has 0 bridgehead atoms. The maximum atomic E-state index is 13.4. The maximum absolute atomic E-state index is 13.4. The van der Waals surface area contributed by atoms with Crippen LogP contribution < -0.4 is 15.1 Å². The molecular formula is C26H27F3N4O4. The fraction of sp³-hybridized carbons (Fsp3) is 0.346. The van der Waals surface area contributed by atoms with Gasteiger partial charge in [-0.2, -0.15) is 23.9 Å². The summed E-state index contributed by atoms with van der Waals surface area (Å²) in [7, 11) is 0. The Hall–Kier alpha value is -3.88. The van der Waals surface area contributed by atoms with Gasteiger partial charge in [0, 0.05) is 12.6 Å². The molecular weight excluding hydrogens is 489 g/mol. The number of hydrogen-bond donors (Lipinski definition) is 2. The highest BCUT2D eigenvalue weighted by atomic mass is 19.4. The topological polar surface area (TPSA) is 106 Å². The summed E-state index contributed by atoms with van der Waals surface area (Å²) in [6.45, 7) is 5.20. The molecule has 0 radical (unpaired) electrons. The lowest BCUT2D eigenvalue weighted by molar-refractivity contribution is -0.137. The van der Waals surface area contributed by atoms with E-state index in [0.717, 1.165) is 22.6 Å².